The first-order valence-electron chi connectivity index (χ1n) is 13.2. The van der Waals surface area contributed by atoms with Crippen molar-refractivity contribution in [2.75, 3.05) is 13.2 Å². The smallest absolute Gasteiger partial charge is 0.316 e. The zero-order valence-electron chi connectivity index (χ0n) is 21.9. The maximum absolute atomic E-state index is 13.6. The van der Waals surface area contributed by atoms with Gasteiger partial charge in [-0.05, 0) is 51.0 Å². The van der Waals surface area contributed by atoms with Crippen LogP contribution in [-0.2, 0) is 23.7 Å². The second-order valence-corrected chi connectivity index (χ2v) is 11.1. The van der Waals surface area contributed by atoms with Gasteiger partial charge in [-0.2, -0.15) is 0 Å². The van der Waals surface area contributed by atoms with Gasteiger partial charge in [0.2, 0.25) is 0 Å². The summed E-state index contributed by atoms with van der Waals surface area (Å²) in [4.78, 5) is 13.6. The Labute approximate surface area is 210 Å². The molecule has 4 aliphatic rings. The molecule has 0 amide bonds. The van der Waals surface area contributed by atoms with E-state index in [2.05, 4.69) is 39.8 Å². The molecule has 0 aromatic rings. The summed E-state index contributed by atoms with van der Waals surface area (Å²) in [7, 11) is 0. The number of hydrogen-bond acceptors (Lipinski definition) is 6. The first-order chi connectivity index (χ1) is 16.6. The van der Waals surface area contributed by atoms with E-state index in [1.165, 1.54) is 5.57 Å². The zero-order valence-corrected chi connectivity index (χ0v) is 21.9. The normalized spacial score (nSPS) is 47.1. The Morgan fingerprint density at radius 1 is 1.14 bits per heavy atom. The van der Waals surface area contributed by atoms with Crippen molar-refractivity contribution in [3.05, 3.63) is 47.6 Å². The molecule has 6 heteroatoms. The van der Waals surface area contributed by atoms with E-state index in [1.54, 1.807) is 12.2 Å². The van der Waals surface area contributed by atoms with Gasteiger partial charge in [0.15, 0.2) is 5.79 Å². The molecule has 4 rings (SSSR count). The Morgan fingerprint density at radius 3 is 2.66 bits per heavy atom. The average Bonchev–Trinajstić information content (AvgIpc) is 3.28. The molecule has 8 atom stereocenters. The fourth-order valence-electron chi connectivity index (χ4n) is 5.96. The van der Waals surface area contributed by atoms with Crippen molar-refractivity contribution >= 4 is 5.97 Å². The summed E-state index contributed by atoms with van der Waals surface area (Å²) in [5, 5.41) is 11.7. The molecule has 0 aromatic heterocycles. The summed E-state index contributed by atoms with van der Waals surface area (Å²) < 4.78 is 24.7. The lowest BCUT2D eigenvalue weighted by atomic mass is 9.82. The zero-order chi connectivity index (χ0) is 25.2. The van der Waals surface area contributed by atoms with E-state index in [9.17, 15) is 9.90 Å². The number of esters is 1. The molecule has 35 heavy (non-hydrogen) atoms. The van der Waals surface area contributed by atoms with E-state index in [1.807, 2.05) is 19.1 Å². The van der Waals surface area contributed by atoms with Gasteiger partial charge in [-0.1, -0.05) is 55.9 Å². The highest BCUT2D eigenvalue weighted by Gasteiger charge is 2.52. The van der Waals surface area contributed by atoms with Crippen LogP contribution in [-0.4, -0.2) is 54.0 Å². The van der Waals surface area contributed by atoms with Crippen LogP contribution in [0.3, 0.4) is 0 Å². The Balaban J connectivity index is 1.68. The fourth-order valence-corrected chi connectivity index (χ4v) is 5.96. The first kappa shape index (κ1) is 26.3. The minimum Gasteiger partial charge on any atom is -0.462 e. The highest BCUT2D eigenvalue weighted by atomic mass is 16.7. The van der Waals surface area contributed by atoms with Crippen LogP contribution in [0, 0.1) is 17.8 Å². The van der Waals surface area contributed by atoms with Gasteiger partial charge in [0.25, 0.3) is 0 Å². The van der Waals surface area contributed by atoms with E-state index in [-0.39, 0.29) is 24.9 Å². The van der Waals surface area contributed by atoms with Gasteiger partial charge in [0.05, 0.1) is 25.4 Å². The maximum Gasteiger partial charge on any atom is 0.316 e. The molecule has 1 spiro atoms. The highest BCUT2D eigenvalue weighted by molar-refractivity contribution is 5.77. The molecule has 0 saturated carbocycles. The number of rotatable bonds is 1. The summed E-state index contributed by atoms with van der Waals surface area (Å²) in [6, 6.07) is 0. The van der Waals surface area contributed by atoms with Gasteiger partial charge >= 0.3 is 5.97 Å². The van der Waals surface area contributed by atoms with Crippen molar-refractivity contribution in [2.45, 2.75) is 96.4 Å². The molecule has 8 unspecified atom stereocenters. The molecule has 3 saturated heterocycles. The molecule has 6 nitrogen and oxygen atoms in total. The molecule has 0 aliphatic carbocycles. The lowest BCUT2D eigenvalue weighted by molar-refractivity contribution is -0.285. The van der Waals surface area contributed by atoms with Crippen LogP contribution in [0.25, 0.3) is 0 Å². The van der Waals surface area contributed by atoms with E-state index in [0.717, 1.165) is 19.3 Å². The number of ether oxygens (including phenoxy) is 4. The molecule has 2 bridgehead atoms. The quantitative estimate of drug-likeness (QED) is 0.414. The predicted molar refractivity (Wildman–Crippen MR) is 134 cm³/mol. The van der Waals surface area contributed by atoms with E-state index >= 15 is 0 Å². The third kappa shape index (κ3) is 5.82. The molecular formula is C29H42O6. The maximum atomic E-state index is 13.6. The fraction of sp³-hybridized carbons (Fsp3) is 0.690. The summed E-state index contributed by atoms with van der Waals surface area (Å²) >= 11 is 0. The summed E-state index contributed by atoms with van der Waals surface area (Å²) in [5.74, 6) is -1.30. The monoisotopic (exact) mass is 486 g/mol. The topological polar surface area (TPSA) is 74.2 Å². The summed E-state index contributed by atoms with van der Waals surface area (Å²) in [5.41, 5.74) is 0.573. The van der Waals surface area contributed by atoms with E-state index in [4.69, 9.17) is 18.9 Å². The van der Waals surface area contributed by atoms with Gasteiger partial charge in [0, 0.05) is 19.3 Å². The summed E-state index contributed by atoms with van der Waals surface area (Å²) in [6.07, 6.45) is 15.0. The molecule has 4 aliphatic heterocycles. The number of carbonyl (C=O) groups is 1. The van der Waals surface area contributed by atoms with Crippen LogP contribution < -0.4 is 0 Å². The minimum atomic E-state index is -1.43. The number of aliphatic hydroxyl groups is 1. The van der Waals surface area contributed by atoms with Crippen molar-refractivity contribution < 1.29 is 28.8 Å². The molecule has 1 N–H and O–H groups in total. The van der Waals surface area contributed by atoms with Crippen molar-refractivity contribution in [3.63, 3.8) is 0 Å². The molecular weight excluding hydrogens is 444 g/mol. The standard InChI is InChI=1S/C29H42O6/c1-6-8-26-27(30)33-25-14-24(35-28(16-25)15-21(4)22(5)34-28)12-11-20(3)13-19(2)9-7-10-23-17-32-18-29(23,26)31/h6-11,19,21-22,24-26,31H,12-18H2,1-5H3/b8-6?,9-7+,20-11+,23-10+. The van der Waals surface area contributed by atoms with Crippen molar-refractivity contribution in [1.82, 2.24) is 0 Å². The first-order valence-corrected chi connectivity index (χ1v) is 13.2. The van der Waals surface area contributed by atoms with Gasteiger partial charge < -0.3 is 24.1 Å². The second-order valence-electron chi connectivity index (χ2n) is 11.1. The van der Waals surface area contributed by atoms with Crippen LogP contribution in [0.5, 0.6) is 0 Å². The molecule has 194 valence electrons. The molecule has 0 radical (unpaired) electrons. The van der Waals surface area contributed by atoms with E-state index in [0.29, 0.717) is 36.9 Å². The average molecular weight is 487 g/mol. The Morgan fingerprint density at radius 2 is 1.94 bits per heavy atom. The Bertz CT molecular complexity index is 891. The number of fused-ring (bicyclic) bond motifs is 3. The molecule has 4 heterocycles. The van der Waals surface area contributed by atoms with Gasteiger partial charge in [-0.25, -0.2) is 0 Å². The van der Waals surface area contributed by atoms with Gasteiger partial charge in [0.1, 0.15) is 17.6 Å². The predicted octanol–water partition coefficient (Wildman–Crippen LogP) is 5.03. The third-order valence-corrected chi connectivity index (χ3v) is 7.96. The van der Waals surface area contributed by atoms with Crippen LogP contribution >= 0.6 is 0 Å². The number of allylic oxidation sites excluding steroid dienone is 5. The highest BCUT2D eigenvalue weighted by Crippen LogP contribution is 2.45. The van der Waals surface area contributed by atoms with Gasteiger partial charge in [-0.3, -0.25) is 4.79 Å². The van der Waals surface area contributed by atoms with Crippen molar-refractivity contribution in [2.24, 2.45) is 17.8 Å². The number of hydrogen-bond donors (Lipinski definition) is 1. The third-order valence-electron chi connectivity index (χ3n) is 7.96. The van der Waals surface area contributed by atoms with Crippen molar-refractivity contribution in [3.8, 4) is 0 Å². The molecule has 3 fully saturated rings. The van der Waals surface area contributed by atoms with E-state index < -0.39 is 23.3 Å². The van der Waals surface area contributed by atoms with Crippen molar-refractivity contribution in [1.29, 1.82) is 0 Å². The Kier molecular flexibility index (Phi) is 8.06. The summed E-state index contributed by atoms with van der Waals surface area (Å²) in [6.45, 7) is 10.8. The van der Waals surface area contributed by atoms with Crippen LogP contribution in [0.15, 0.2) is 47.6 Å². The SMILES string of the molecule is CC=CC1C(=O)OC2CC(C/C=C(\C)CC(C)/C=C/C=C3\COCC31O)OC1(C2)CC(C)C(C)O1. The lowest BCUT2D eigenvalue weighted by Gasteiger charge is -2.42. The lowest BCUT2D eigenvalue weighted by Crippen LogP contribution is -2.49. The second kappa shape index (κ2) is 10.7. The largest absolute Gasteiger partial charge is 0.462 e. The minimum absolute atomic E-state index is 0.0622. The molecule has 0 aromatic carbocycles. The van der Waals surface area contributed by atoms with Crippen LogP contribution in [0.1, 0.15) is 66.7 Å². The number of carbonyl (C=O) groups excluding carboxylic acids is 1. The van der Waals surface area contributed by atoms with Crippen LogP contribution in [0.2, 0.25) is 0 Å². The van der Waals surface area contributed by atoms with Gasteiger partial charge in [-0.15, -0.1) is 0 Å². The Hall–Kier alpha value is -1.73. The van der Waals surface area contributed by atoms with Crippen LogP contribution in [0.4, 0.5) is 0 Å².